The first-order chi connectivity index (χ1) is 11.7. The molecule has 2 atom stereocenters. The SMILES string of the molecule is CCCCC(CC)[CH2][Mo+2][CH2]C(CC)CCCC.NC(=S)[S-].NC(=S)[S-]. The summed E-state index contributed by atoms with van der Waals surface area (Å²) in [5.41, 5.74) is 9.31. The molecule has 0 heterocycles. The van der Waals surface area contributed by atoms with Gasteiger partial charge in [-0.25, -0.2) is 0 Å². The molecular formula is C18H38MoN2S4. The maximum absolute atomic E-state index is 4.66. The zero-order valence-electron chi connectivity index (χ0n) is 16.4. The van der Waals surface area contributed by atoms with Gasteiger partial charge in [0.15, 0.2) is 0 Å². The van der Waals surface area contributed by atoms with Crippen LogP contribution in [0.4, 0.5) is 0 Å². The van der Waals surface area contributed by atoms with E-state index in [-0.39, 0.29) is 8.64 Å². The molecular weight excluding hydrogens is 468 g/mol. The summed E-state index contributed by atoms with van der Waals surface area (Å²) in [5, 5.41) is 0. The standard InChI is InChI=1S/2C8H17.2CH3NS2.Mo/c2*1-4-6-7-8(3)5-2;2*2-1(3)4;/h2*8H,3-7H2,1-2H3;2*(H3,2,3,4);/q;;;;+2/p-2. The van der Waals surface area contributed by atoms with Gasteiger partial charge in [-0.1, -0.05) is 8.64 Å². The molecule has 7 heteroatoms. The molecule has 0 aromatic rings. The smallest absolute Gasteiger partial charge is 0.0708 e. The predicted octanol–water partition coefficient (Wildman–Crippen LogP) is 5.89. The summed E-state index contributed by atoms with van der Waals surface area (Å²) in [6, 6.07) is 0. The summed E-state index contributed by atoms with van der Waals surface area (Å²) in [6.07, 6.45) is 11.5. The van der Waals surface area contributed by atoms with Crippen LogP contribution in [0.1, 0.15) is 79.1 Å². The quantitative estimate of drug-likeness (QED) is 0.196. The summed E-state index contributed by atoms with van der Waals surface area (Å²) >= 11 is 16.8. The van der Waals surface area contributed by atoms with Crippen molar-refractivity contribution >= 4 is 58.3 Å². The van der Waals surface area contributed by atoms with Crippen molar-refractivity contribution in [1.29, 1.82) is 0 Å². The van der Waals surface area contributed by atoms with Crippen molar-refractivity contribution in [2.45, 2.75) is 88.7 Å². The van der Waals surface area contributed by atoms with E-state index in [1.807, 2.05) is 0 Å². The average molecular weight is 507 g/mol. The van der Waals surface area contributed by atoms with E-state index in [4.69, 9.17) is 0 Å². The van der Waals surface area contributed by atoms with Crippen LogP contribution in [0.3, 0.4) is 0 Å². The fraction of sp³-hybridized carbons (Fsp3) is 0.889. The molecule has 4 N–H and O–H groups in total. The van der Waals surface area contributed by atoms with Gasteiger partial charge < -0.3 is 61.2 Å². The fourth-order valence-corrected chi connectivity index (χ4v) is 6.15. The Bertz CT molecular complexity index is 269. The minimum Gasteiger partial charge on any atom is -0.415 e. The average Bonchev–Trinajstić information content (AvgIpc) is 2.52. The molecule has 0 rings (SSSR count). The van der Waals surface area contributed by atoms with Gasteiger partial charge in [-0.3, -0.25) is 0 Å². The second-order valence-electron chi connectivity index (χ2n) is 6.01. The van der Waals surface area contributed by atoms with Gasteiger partial charge in [0, 0.05) is 0 Å². The Labute approximate surface area is 187 Å². The Hall–Kier alpha value is 0.908. The molecule has 0 aliphatic heterocycles. The Morgan fingerprint density at radius 1 is 0.800 bits per heavy atom. The molecule has 0 saturated carbocycles. The molecule has 0 aromatic carbocycles. The van der Waals surface area contributed by atoms with Gasteiger partial charge in [-0.05, 0) is 0 Å². The molecule has 0 radical (unpaired) electrons. The first-order valence-electron chi connectivity index (χ1n) is 9.25. The van der Waals surface area contributed by atoms with Crippen molar-refractivity contribution in [3.63, 3.8) is 0 Å². The van der Waals surface area contributed by atoms with Crippen molar-refractivity contribution in [3.05, 3.63) is 0 Å². The van der Waals surface area contributed by atoms with Crippen molar-refractivity contribution in [2.24, 2.45) is 23.3 Å². The van der Waals surface area contributed by atoms with Gasteiger partial charge in [0.2, 0.25) is 0 Å². The third-order valence-electron chi connectivity index (χ3n) is 3.79. The minimum absolute atomic E-state index is 0.0833. The van der Waals surface area contributed by atoms with Crippen molar-refractivity contribution in [2.75, 3.05) is 0 Å². The van der Waals surface area contributed by atoms with E-state index < -0.39 is 0 Å². The molecule has 2 nitrogen and oxygen atoms in total. The van der Waals surface area contributed by atoms with Crippen LogP contribution in [0.2, 0.25) is 9.62 Å². The van der Waals surface area contributed by atoms with Gasteiger partial charge in [0.1, 0.15) is 0 Å². The van der Waals surface area contributed by atoms with Crippen LogP contribution in [-0.2, 0) is 43.8 Å². The van der Waals surface area contributed by atoms with E-state index in [0.29, 0.717) is 18.6 Å². The molecule has 25 heavy (non-hydrogen) atoms. The Kier molecular flexibility index (Phi) is 30.5. The number of rotatable bonds is 12. The zero-order chi connectivity index (χ0) is 20.1. The maximum Gasteiger partial charge on any atom is -0.0708 e. The summed E-state index contributed by atoms with van der Waals surface area (Å²) in [7, 11) is 0. The van der Waals surface area contributed by atoms with Crippen molar-refractivity contribution < 1.29 is 18.6 Å². The summed E-state index contributed by atoms with van der Waals surface area (Å²) in [6.45, 7) is 9.42. The fourth-order valence-electron chi connectivity index (χ4n) is 2.20. The molecule has 0 bridgehead atoms. The second-order valence-corrected chi connectivity index (χ2v) is 10.9. The first kappa shape index (κ1) is 30.6. The van der Waals surface area contributed by atoms with Crippen LogP contribution < -0.4 is 11.5 Å². The number of hydrogen-bond donors (Lipinski definition) is 2. The van der Waals surface area contributed by atoms with Gasteiger partial charge in [-0.2, -0.15) is 0 Å². The molecule has 0 aliphatic carbocycles. The summed E-state index contributed by atoms with van der Waals surface area (Å²) < 4.78 is 0.167. The molecule has 0 fully saturated rings. The normalized spacial score (nSPS) is 11.8. The maximum atomic E-state index is 4.66. The largest absolute Gasteiger partial charge is 0.415 e. The second kappa shape index (κ2) is 24.9. The Balaban J connectivity index is -0.000000503. The van der Waals surface area contributed by atoms with Crippen LogP contribution >= 0.6 is 24.4 Å². The summed E-state index contributed by atoms with van der Waals surface area (Å²) in [5.74, 6) is 2.14. The van der Waals surface area contributed by atoms with Crippen molar-refractivity contribution in [3.8, 4) is 0 Å². The van der Waals surface area contributed by atoms with Crippen LogP contribution in [0.15, 0.2) is 0 Å². The monoisotopic (exact) mass is 508 g/mol. The molecule has 0 spiro atoms. The first-order valence-corrected chi connectivity index (χ1v) is 13.7. The van der Waals surface area contributed by atoms with Gasteiger partial charge in [0.25, 0.3) is 0 Å². The number of hydrogen-bond acceptors (Lipinski definition) is 4. The molecule has 0 aromatic heterocycles. The zero-order valence-corrected chi connectivity index (χ0v) is 21.7. The van der Waals surface area contributed by atoms with Crippen LogP contribution in [0.25, 0.3) is 0 Å². The molecule has 0 aliphatic rings. The van der Waals surface area contributed by atoms with E-state index in [9.17, 15) is 0 Å². The number of nitrogens with two attached hydrogens (primary N) is 2. The van der Waals surface area contributed by atoms with E-state index in [1.54, 1.807) is 9.62 Å². The Morgan fingerprint density at radius 2 is 1.08 bits per heavy atom. The third-order valence-corrected chi connectivity index (χ3v) is 7.27. The molecule has 0 saturated heterocycles. The van der Waals surface area contributed by atoms with Crippen LogP contribution in [0, 0.1) is 11.8 Å². The molecule has 150 valence electrons. The Morgan fingerprint density at radius 3 is 1.28 bits per heavy atom. The van der Waals surface area contributed by atoms with E-state index >= 15 is 0 Å². The van der Waals surface area contributed by atoms with E-state index in [1.165, 1.54) is 51.4 Å². The minimum atomic E-state index is 0.0833. The number of unbranched alkanes of at least 4 members (excludes halogenated alkanes) is 2. The number of thiocarbonyl (C=S) groups is 2. The molecule has 0 amide bonds. The summed E-state index contributed by atoms with van der Waals surface area (Å²) in [4.78, 5) is 3.23. The van der Waals surface area contributed by atoms with E-state index in [2.05, 4.69) is 88.9 Å². The van der Waals surface area contributed by atoms with Crippen LogP contribution in [0.5, 0.6) is 0 Å². The van der Waals surface area contributed by atoms with Gasteiger partial charge in [0.05, 0.1) is 0 Å². The van der Waals surface area contributed by atoms with E-state index in [0.717, 1.165) is 11.8 Å². The van der Waals surface area contributed by atoms with Crippen LogP contribution in [-0.4, -0.2) is 8.64 Å². The van der Waals surface area contributed by atoms with Gasteiger partial charge >= 0.3 is 119 Å². The predicted molar refractivity (Wildman–Crippen MR) is 125 cm³/mol. The third kappa shape index (κ3) is 36.6. The van der Waals surface area contributed by atoms with Gasteiger partial charge in [-0.15, -0.1) is 0 Å². The topological polar surface area (TPSA) is 52.0 Å². The van der Waals surface area contributed by atoms with Crippen molar-refractivity contribution in [1.82, 2.24) is 0 Å². The molecule has 2 unspecified atom stereocenters.